The van der Waals surface area contributed by atoms with Gasteiger partial charge in [0.25, 0.3) is 0 Å². The first-order valence-electron chi connectivity index (χ1n) is 4.75. The third-order valence-corrected chi connectivity index (χ3v) is 3.30. The fraction of sp³-hybridized carbons (Fsp3) is 1.00. The Hall–Kier alpha value is 0. The normalized spacial score (nSPS) is 36.3. The molecule has 0 N–H and O–H groups in total. The van der Waals surface area contributed by atoms with Crippen LogP contribution in [0.15, 0.2) is 0 Å². The molecule has 1 fully saturated rings. The Kier molecular flexibility index (Phi) is 2.76. The summed E-state index contributed by atoms with van der Waals surface area (Å²) in [5.41, 5.74) is 0. The number of hydrogen-bond donors (Lipinski definition) is 0. The summed E-state index contributed by atoms with van der Waals surface area (Å²) < 4.78 is 0. The first-order valence-corrected chi connectivity index (χ1v) is 4.75. The molecule has 0 heterocycles. The average Bonchev–Trinajstić information content (AvgIpc) is 2.34. The van der Waals surface area contributed by atoms with Gasteiger partial charge >= 0.3 is 0 Å². The van der Waals surface area contributed by atoms with Crippen LogP contribution in [0.5, 0.6) is 0 Å². The van der Waals surface area contributed by atoms with E-state index in [2.05, 4.69) is 20.8 Å². The zero-order valence-electron chi connectivity index (χ0n) is 7.56. The molecule has 1 aliphatic rings. The average molecular weight is 140 g/mol. The van der Waals surface area contributed by atoms with Crippen LogP contribution >= 0.6 is 0 Å². The van der Waals surface area contributed by atoms with E-state index in [0.717, 1.165) is 17.8 Å². The third-order valence-electron chi connectivity index (χ3n) is 3.30. The molecule has 0 nitrogen and oxygen atoms in total. The van der Waals surface area contributed by atoms with Crippen molar-refractivity contribution in [1.82, 2.24) is 0 Å². The van der Waals surface area contributed by atoms with Crippen LogP contribution in [-0.4, -0.2) is 0 Å². The Balaban J connectivity index is 2.38. The standard InChI is InChI=1S/C10H20/c1-4-8(2)10-7-5-6-9(10)3/h8-10H,4-7H2,1-3H3/t8?,9-,10-/m1/s1. The van der Waals surface area contributed by atoms with Crippen molar-refractivity contribution in [2.75, 3.05) is 0 Å². The molecule has 1 aliphatic carbocycles. The summed E-state index contributed by atoms with van der Waals surface area (Å²) in [6, 6.07) is 0. The van der Waals surface area contributed by atoms with E-state index in [0.29, 0.717) is 0 Å². The molecule has 0 aliphatic heterocycles. The largest absolute Gasteiger partial charge is 0.0651 e. The van der Waals surface area contributed by atoms with Crippen LogP contribution in [0.2, 0.25) is 0 Å². The summed E-state index contributed by atoms with van der Waals surface area (Å²) in [6.45, 7) is 7.14. The smallest absolute Gasteiger partial charge is 0.0363 e. The number of rotatable bonds is 2. The molecule has 10 heavy (non-hydrogen) atoms. The zero-order valence-corrected chi connectivity index (χ0v) is 7.56. The van der Waals surface area contributed by atoms with Crippen molar-refractivity contribution < 1.29 is 0 Å². The lowest BCUT2D eigenvalue weighted by atomic mass is 9.85. The van der Waals surface area contributed by atoms with E-state index in [1.165, 1.54) is 25.7 Å². The molecule has 1 unspecified atom stereocenters. The molecule has 0 aromatic carbocycles. The van der Waals surface area contributed by atoms with Crippen molar-refractivity contribution in [2.45, 2.75) is 46.5 Å². The highest BCUT2D eigenvalue weighted by Gasteiger charge is 2.26. The molecule has 0 radical (unpaired) electrons. The van der Waals surface area contributed by atoms with Gasteiger partial charge in [0.1, 0.15) is 0 Å². The Morgan fingerprint density at radius 3 is 2.50 bits per heavy atom. The zero-order chi connectivity index (χ0) is 7.56. The summed E-state index contributed by atoms with van der Waals surface area (Å²) in [6.07, 6.45) is 5.83. The van der Waals surface area contributed by atoms with Gasteiger partial charge in [0.15, 0.2) is 0 Å². The van der Waals surface area contributed by atoms with Crippen LogP contribution in [0.25, 0.3) is 0 Å². The summed E-state index contributed by atoms with van der Waals surface area (Å²) >= 11 is 0. The monoisotopic (exact) mass is 140 g/mol. The molecule has 0 saturated heterocycles. The quantitative estimate of drug-likeness (QED) is 0.551. The maximum atomic E-state index is 2.42. The lowest BCUT2D eigenvalue weighted by Gasteiger charge is -2.21. The lowest BCUT2D eigenvalue weighted by Crippen LogP contribution is -2.13. The Bertz CT molecular complexity index is 96.2. The topological polar surface area (TPSA) is 0 Å². The van der Waals surface area contributed by atoms with E-state index >= 15 is 0 Å². The molecule has 1 saturated carbocycles. The molecule has 0 bridgehead atoms. The molecule has 3 atom stereocenters. The van der Waals surface area contributed by atoms with E-state index < -0.39 is 0 Å². The van der Waals surface area contributed by atoms with Crippen molar-refractivity contribution in [3.63, 3.8) is 0 Å². The first kappa shape index (κ1) is 8.10. The van der Waals surface area contributed by atoms with Gasteiger partial charge in [-0.05, 0) is 24.2 Å². The maximum Gasteiger partial charge on any atom is -0.0363 e. The van der Waals surface area contributed by atoms with E-state index in [-0.39, 0.29) is 0 Å². The van der Waals surface area contributed by atoms with Crippen molar-refractivity contribution in [1.29, 1.82) is 0 Å². The molecular formula is C10H20. The van der Waals surface area contributed by atoms with Crippen LogP contribution in [0.4, 0.5) is 0 Å². The fourth-order valence-electron chi connectivity index (χ4n) is 2.32. The van der Waals surface area contributed by atoms with E-state index in [9.17, 15) is 0 Å². The molecule has 0 amide bonds. The van der Waals surface area contributed by atoms with Crippen LogP contribution in [0, 0.1) is 17.8 Å². The van der Waals surface area contributed by atoms with Gasteiger partial charge in [-0.1, -0.05) is 40.0 Å². The molecule has 0 aromatic heterocycles. The van der Waals surface area contributed by atoms with Crippen LogP contribution in [-0.2, 0) is 0 Å². The third kappa shape index (κ3) is 1.53. The lowest BCUT2D eigenvalue weighted by molar-refractivity contribution is 0.287. The summed E-state index contributed by atoms with van der Waals surface area (Å²) in [4.78, 5) is 0. The van der Waals surface area contributed by atoms with Gasteiger partial charge in [-0.3, -0.25) is 0 Å². The maximum absolute atomic E-state index is 2.42. The molecule has 0 aromatic rings. The minimum Gasteiger partial charge on any atom is -0.0651 e. The molecule has 0 heteroatoms. The molecule has 1 rings (SSSR count). The van der Waals surface area contributed by atoms with Crippen LogP contribution < -0.4 is 0 Å². The van der Waals surface area contributed by atoms with Crippen molar-refractivity contribution in [3.05, 3.63) is 0 Å². The van der Waals surface area contributed by atoms with Gasteiger partial charge in [-0.25, -0.2) is 0 Å². The Morgan fingerprint density at radius 1 is 1.40 bits per heavy atom. The van der Waals surface area contributed by atoms with Gasteiger partial charge in [0.2, 0.25) is 0 Å². The highest BCUT2D eigenvalue weighted by molar-refractivity contribution is 4.77. The Morgan fingerprint density at radius 2 is 2.10 bits per heavy atom. The molecule has 0 spiro atoms. The second-order valence-electron chi connectivity index (χ2n) is 3.96. The van der Waals surface area contributed by atoms with Crippen molar-refractivity contribution in [2.24, 2.45) is 17.8 Å². The highest BCUT2D eigenvalue weighted by atomic mass is 14.3. The minimum absolute atomic E-state index is 0.970. The SMILES string of the molecule is CCC(C)[C@H]1CCC[C@H]1C. The van der Waals surface area contributed by atoms with Crippen LogP contribution in [0.1, 0.15) is 46.5 Å². The van der Waals surface area contributed by atoms with E-state index in [1.54, 1.807) is 0 Å². The predicted octanol–water partition coefficient (Wildman–Crippen LogP) is 3.47. The van der Waals surface area contributed by atoms with Gasteiger partial charge in [-0.2, -0.15) is 0 Å². The molecule has 60 valence electrons. The second kappa shape index (κ2) is 3.41. The highest BCUT2D eigenvalue weighted by Crippen LogP contribution is 2.37. The Labute approximate surface area is 65.0 Å². The van der Waals surface area contributed by atoms with Crippen LogP contribution in [0.3, 0.4) is 0 Å². The van der Waals surface area contributed by atoms with Gasteiger partial charge in [-0.15, -0.1) is 0 Å². The van der Waals surface area contributed by atoms with Gasteiger partial charge < -0.3 is 0 Å². The van der Waals surface area contributed by atoms with Crippen molar-refractivity contribution >= 4 is 0 Å². The van der Waals surface area contributed by atoms with Gasteiger partial charge in [0.05, 0.1) is 0 Å². The number of hydrogen-bond acceptors (Lipinski definition) is 0. The minimum atomic E-state index is 0.970. The predicted molar refractivity (Wildman–Crippen MR) is 46.0 cm³/mol. The van der Waals surface area contributed by atoms with E-state index in [4.69, 9.17) is 0 Å². The summed E-state index contributed by atoms with van der Waals surface area (Å²) in [5.74, 6) is 3.03. The first-order chi connectivity index (χ1) is 4.75. The van der Waals surface area contributed by atoms with E-state index in [1.807, 2.05) is 0 Å². The fourth-order valence-corrected chi connectivity index (χ4v) is 2.32. The summed E-state index contributed by atoms with van der Waals surface area (Å²) in [7, 11) is 0. The summed E-state index contributed by atoms with van der Waals surface area (Å²) in [5, 5.41) is 0. The van der Waals surface area contributed by atoms with Gasteiger partial charge in [0, 0.05) is 0 Å². The molecular weight excluding hydrogens is 120 g/mol. The second-order valence-corrected chi connectivity index (χ2v) is 3.96. The van der Waals surface area contributed by atoms with Crippen molar-refractivity contribution in [3.8, 4) is 0 Å².